The van der Waals surface area contributed by atoms with Crippen LogP contribution >= 0.6 is 0 Å². The Morgan fingerprint density at radius 1 is 1.32 bits per heavy atom. The number of rotatable bonds is 6. The SMILES string of the molecule is CCc1nc(C(N)O)c(Nc2ccc(C(=O)NC)c(C)c2)nc1N1CCC(C)(O)CC1. The third-order valence-corrected chi connectivity index (χ3v) is 5.69. The zero-order valence-corrected chi connectivity index (χ0v) is 18.6. The van der Waals surface area contributed by atoms with Crippen LogP contribution in [0, 0.1) is 6.92 Å². The third kappa shape index (κ3) is 5.12. The molecule has 0 bridgehead atoms. The lowest BCUT2D eigenvalue weighted by Gasteiger charge is -2.37. The molecular weight excluding hydrogens is 396 g/mol. The predicted molar refractivity (Wildman–Crippen MR) is 120 cm³/mol. The molecule has 6 N–H and O–H groups in total. The highest BCUT2D eigenvalue weighted by Gasteiger charge is 2.30. The van der Waals surface area contributed by atoms with Crippen molar-refractivity contribution in [2.45, 2.75) is 51.9 Å². The second-order valence-corrected chi connectivity index (χ2v) is 8.24. The Balaban J connectivity index is 1.97. The maximum absolute atomic E-state index is 12.0. The van der Waals surface area contributed by atoms with E-state index in [4.69, 9.17) is 10.7 Å². The van der Waals surface area contributed by atoms with Gasteiger partial charge in [0, 0.05) is 31.4 Å². The molecule has 2 heterocycles. The van der Waals surface area contributed by atoms with Gasteiger partial charge in [-0.1, -0.05) is 6.92 Å². The van der Waals surface area contributed by atoms with Crippen molar-refractivity contribution in [2.75, 3.05) is 30.4 Å². The van der Waals surface area contributed by atoms with E-state index in [0.717, 1.165) is 17.1 Å². The number of benzene rings is 1. The molecule has 0 spiro atoms. The Hall–Kier alpha value is -2.75. The molecule has 1 unspecified atom stereocenters. The highest BCUT2D eigenvalue weighted by Crippen LogP contribution is 2.31. The Morgan fingerprint density at radius 2 is 2.00 bits per heavy atom. The Kier molecular flexibility index (Phi) is 6.78. The molecule has 0 aliphatic carbocycles. The van der Waals surface area contributed by atoms with Crippen LogP contribution in [0.2, 0.25) is 0 Å². The summed E-state index contributed by atoms with van der Waals surface area (Å²) in [6.07, 6.45) is 0.627. The second-order valence-electron chi connectivity index (χ2n) is 8.24. The van der Waals surface area contributed by atoms with Gasteiger partial charge >= 0.3 is 0 Å². The first kappa shape index (κ1) is 22.9. The standard InChI is InChI=1S/C22H32N6O3/c1-5-16-20(28-10-8-22(3,31)9-11-28)27-19(17(26-16)18(23)29)25-14-6-7-15(13(2)12-14)21(30)24-4/h6-7,12,18,29,31H,5,8-11,23H2,1-4H3,(H,24,30)(H,25,27). The number of hydrogen-bond acceptors (Lipinski definition) is 8. The predicted octanol–water partition coefficient (Wildman–Crippen LogP) is 1.75. The summed E-state index contributed by atoms with van der Waals surface area (Å²) in [5.41, 5.74) is 8.21. The topological polar surface area (TPSA) is 137 Å². The highest BCUT2D eigenvalue weighted by molar-refractivity contribution is 5.95. The van der Waals surface area contributed by atoms with Crippen molar-refractivity contribution in [1.29, 1.82) is 0 Å². The fourth-order valence-corrected chi connectivity index (χ4v) is 3.73. The van der Waals surface area contributed by atoms with Gasteiger partial charge in [0.2, 0.25) is 0 Å². The molecule has 9 nitrogen and oxygen atoms in total. The zero-order valence-electron chi connectivity index (χ0n) is 18.6. The van der Waals surface area contributed by atoms with Gasteiger partial charge in [0.05, 0.1) is 11.3 Å². The van der Waals surface area contributed by atoms with Crippen LogP contribution < -0.4 is 21.3 Å². The molecule has 1 aromatic carbocycles. The lowest BCUT2D eigenvalue weighted by atomic mass is 9.94. The van der Waals surface area contributed by atoms with Crippen LogP contribution in [-0.4, -0.2) is 51.8 Å². The van der Waals surface area contributed by atoms with Gasteiger partial charge in [0.1, 0.15) is 11.9 Å². The van der Waals surface area contributed by atoms with E-state index in [-0.39, 0.29) is 11.6 Å². The Labute approximate surface area is 182 Å². The lowest BCUT2D eigenvalue weighted by molar-refractivity contribution is 0.0349. The molecule has 2 aromatic rings. The fourth-order valence-electron chi connectivity index (χ4n) is 3.73. The molecule has 1 amide bonds. The van der Waals surface area contributed by atoms with E-state index in [1.165, 1.54) is 0 Å². The minimum Gasteiger partial charge on any atom is -0.390 e. The van der Waals surface area contributed by atoms with Gasteiger partial charge < -0.3 is 31.5 Å². The van der Waals surface area contributed by atoms with Crippen LogP contribution in [0.15, 0.2) is 18.2 Å². The highest BCUT2D eigenvalue weighted by atomic mass is 16.3. The Morgan fingerprint density at radius 3 is 2.55 bits per heavy atom. The summed E-state index contributed by atoms with van der Waals surface area (Å²) in [7, 11) is 1.59. The Bertz CT molecular complexity index is 951. The van der Waals surface area contributed by atoms with Crippen LogP contribution in [0.4, 0.5) is 17.3 Å². The first-order valence-electron chi connectivity index (χ1n) is 10.6. The monoisotopic (exact) mass is 428 g/mol. The number of piperidine rings is 1. The number of aryl methyl sites for hydroxylation is 2. The van der Waals surface area contributed by atoms with E-state index in [1.807, 2.05) is 26.8 Å². The van der Waals surface area contributed by atoms with Crippen molar-refractivity contribution in [3.8, 4) is 0 Å². The van der Waals surface area contributed by atoms with Gasteiger partial charge in [-0.3, -0.25) is 4.79 Å². The van der Waals surface area contributed by atoms with Crippen LogP contribution in [-0.2, 0) is 6.42 Å². The van der Waals surface area contributed by atoms with Crippen LogP contribution in [0.5, 0.6) is 0 Å². The van der Waals surface area contributed by atoms with Gasteiger partial charge in [-0.05, 0) is 56.9 Å². The molecule has 3 rings (SSSR count). The number of anilines is 3. The minimum atomic E-state index is -1.29. The smallest absolute Gasteiger partial charge is 0.251 e. The summed E-state index contributed by atoms with van der Waals surface area (Å²) in [6.45, 7) is 7.01. The van der Waals surface area contributed by atoms with Gasteiger partial charge in [-0.2, -0.15) is 0 Å². The summed E-state index contributed by atoms with van der Waals surface area (Å²) in [4.78, 5) is 23.5. The summed E-state index contributed by atoms with van der Waals surface area (Å²) >= 11 is 0. The third-order valence-electron chi connectivity index (χ3n) is 5.69. The van der Waals surface area contributed by atoms with E-state index in [2.05, 4.69) is 20.5 Å². The lowest BCUT2D eigenvalue weighted by Crippen LogP contribution is -2.43. The number of amides is 1. The molecule has 1 saturated heterocycles. The van der Waals surface area contributed by atoms with Crippen LogP contribution in [0.1, 0.15) is 60.2 Å². The van der Waals surface area contributed by atoms with Crippen LogP contribution in [0.25, 0.3) is 0 Å². The fraction of sp³-hybridized carbons (Fsp3) is 0.500. The van der Waals surface area contributed by atoms with Gasteiger partial charge in [0.25, 0.3) is 5.91 Å². The first-order valence-corrected chi connectivity index (χ1v) is 10.6. The van der Waals surface area contributed by atoms with E-state index >= 15 is 0 Å². The quantitative estimate of drug-likeness (QED) is 0.439. The molecule has 9 heteroatoms. The molecule has 1 aliphatic rings. The van der Waals surface area contributed by atoms with Gasteiger partial charge in [-0.25, -0.2) is 9.97 Å². The van der Waals surface area contributed by atoms with Crippen molar-refractivity contribution in [3.63, 3.8) is 0 Å². The average Bonchev–Trinajstić information content (AvgIpc) is 2.73. The van der Waals surface area contributed by atoms with Gasteiger partial charge in [-0.15, -0.1) is 0 Å². The molecule has 1 aliphatic heterocycles. The molecule has 1 aromatic heterocycles. The molecule has 0 saturated carbocycles. The maximum Gasteiger partial charge on any atom is 0.251 e. The van der Waals surface area contributed by atoms with E-state index < -0.39 is 11.8 Å². The zero-order chi connectivity index (χ0) is 22.8. The second kappa shape index (κ2) is 9.17. The number of aliphatic hydroxyl groups is 2. The van der Waals surface area contributed by atoms with Crippen molar-refractivity contribution >= 4 is 23.2 Å². The van der Waals surface area contributed by atoms with Crippen molar-refractivity contribution in [2.24, 2.45) is 5.73 Å². The van der Waals surface area contributed by atoms with Crippen LogP contribution in [0.3, 0.4) is 0 Å². The van der Waals surface area contributed by atoms with Crippen molar-refractivity contribution in [1.82, 2.24) is 15.3 Å². The summed E-state index contributed by atoms with van der Waals surface area (Å²) in [6, 6.07) is 5.35. The summed E-state index contributed by atoms with van der Waals surface area (Å²) < 4.78 is 0. The average molecular weight is 429 g/mol. The molecule has 168 valence electrons. The molecule has 1 fully saturated rings. The van der Waals surface area contributed by atoms with E-state index in [1.54, 1.807) is 19.2 Å². The number of nitrogens with one attached hydrogen (secondary N) is 2. The first-order chi connectivity index (χ1) is 14.6. The van der Waals surface area contributed by atoms with E-state index in [0.29, 0.717) is 49.4 Å². The van der Waals surface area contributed by atoms with Gasteiger partial charge in [0.15, 0.2) is 11.6 Å². The number of hydrogen-bond donors (Lipinski definition) is 5. The van der Waals surface area contributed by atoms with Crippen molar-refractivity contribution < 1.29 is 15.0 Å². The number of nitrogens with zero attached hydrogens (tertiary/aromatic N) is 3. The molecule has 1 atom stereocenters. The largest absolute Gasteiger partial charge is 0.390 e. The maximum atomic E-state index is 12.0. The number of aromatic nitrogens is 2. The number of aliphatic hydroxyl groups excluding tert-OH is 1. The summed E-state index contributed by atoms with van der Waals surface area (Å²) in [5.74, 6) is 0.938. The molecular formula is C22H32N6O3. The van der Waals surface area contributed by atoms with Crippen molar-refractivity contribution in [3.05, 3.63) is 40.7 Å². The normalized spacial score (nSPS) is 16.7. The molecule has 31 heavy (non-hydrogen) atoms. The molecule has 0 radical (unpaired) electrons. The number of nitrogens with two attached hydrogens (primary N) is 1. The number of carbonyl (C=O) groups excluding carboxylic acids is 1. The van der Waals surface area contributed by atoms with E-state index in [9.17, 15) is 15.0 Å². The minimum absolute atomic E-state index is 0.155. The number of carbonyl (C=O) groups is 1. The summed E-state index contributed by atoms with van der Waals surface area (Å²) in [5, 5.41) is 26.2.